The van der Waals surface area contributed by atoms with Crippen molar-refractivity contribution in [3.05, 3.63) is 41.8 Å². The number of amides is 2. The van der Waals surface area contributed by atoms with E-state index in [-0.39, 0.29) is 5.92 Å². The summed E-state index contributed by atoms with van der Waals surface area (Å²) in [6, 6.07) is 9.95. The number of hydrogen-bond acceptors (Lipinski definition) is 4. The first-order chi connectivity index (χ1) is 12.1. The standard InChI is InChI=1S/C18H20N2O4S/c21-17(22)16(13-5-2-8-24-11-13)20-18(23)19-14-6-1-4-12(10-14)15-7-3-9-25-15/h1,3-4,6-7,9-10,13,16H,2,5,8,11H2,(H,21,22)(H2,19,20,23)/t13-,16+/m0/s1. The Morgan fingerprint density at radius 2 is 2.16 bits per heavy atom. The fourth-order valence-corrected chi connectivity index (χ4v) is 3.64. The third-order valence-corrected chi connectivity index (χ3v) is 5.06. The first kappa shape index (κ1) is 17.4. The minimum absolute atomic E-state index is 0.213. The fourth-order valence-electron chi connectivity index (χ4n) is 2.91. The van der Waals surface area contributed by atoms with Crippen LogP contribution < -0.4 is 10.6 Å². The molecule has 2 atom stereocenters. The van der Waals surface area contributed by atoms with Gasteiger partial charge in [-0.2, -0.15) is 0 Å². The molecule has 3 N–H and O–H groups in total. The quantitative estimate of drug-likeness (QED) is 0.762. The van der Waals surface area contributed by atoms with Crippen LogP contribution >= 0.6 is 11.3 Å². The molecule has 2 amide bonds. The summed E-state index contributed by atoms with van der Waals surface area (Å²) in [6.07, 6.45) is 1.53. The van der Waals surface area contributed by atoms with Gasteiger partial charge in [0, 0.05) is 23.1 Å². The van der Waals surface area contributed by atoms with Gasteiger partial charge < -0.3 is 20.5 Å². The normalized spacial score (nSPS) is 18.3. The Labute approximate surface area is 149 Å². The molecule has 0 unspecified atom stereocenters. The molecule has 0 radical (unpaired) electrons. The van der Waals surface area contributed by atoms with Crippen LogP contribution in [-0.4, -0.2) is 36.4 Å². The summed E-state index contributed by atoms with van der Waals surface area (Å²) < 4.78 is 5.34. The van der Waals surface area contributed by atoms with Crippen LogP contribution in [0.1, 0.15) is 12.8 Å². The second kappa shape index (κ2) is 8.13. The van der Waals surface area contributed by atoms with Crippen LogP contribution in [0.2, 0.25) is 0 Å². The summed E-state index contributed by atoms with van der Waals surface area (Å²) >= 11 is 1.62. The number of benzene rings is 1. The number of urea groups is 1. The molecule has 1 aliphatic rings. The Morgan fingerprint density at radius 1 is 1.28 bits per heavy atom. The highest BCUT2D eigenvalue weighted by molar-refractivity contribution is 7.13. The highest BCUT2D eigenvalue weighted by Crippen LogP contribution is 2.26. The van der Waals surface area contributed by atoms with Crippen LogP contribution in [0.15, 0.2) is 41.8 Å². The van der Waals surface area contributed by atoms with Crippen molar-refractivity contribution in [2.24, 2.45) is 5.92 Å². The number of anilines is 1. The van der Waals surface area contributed by atoms with Crippen LogP contribution in [0.4, 0.5) is 10.5 Å². The number of carboxylic acid groups (broad SMARTS) is 1. The van der Waals surface area contributed by atoms with E-state index < -0.39 is 18.0 Å². The molecule has 1 aromatic carbocycles. The van der Waals surface area contributed by atoms with Gasteiger partial charge in [-0.15, -0.1) is 11.3 Å². The number of ether oxygens (including phenoxy) is 1. The molecule has 0 saturated carbocycles. The van der Waals surface area contributed by atoms with Gasteiger partial charge in [-0.3, -0.25) is 0 Å². The van der Waals surface area contributed by atoms with Gasteiger partial charge in [0.15, 0.2) is 0 Å². The van der Waals surface area contributed by atoms with Crippen LogP contribution in [0.5, 0.6) is 0 Å². The van der Waals surface area contributed by atoms with Crippen LogP contribution in [0, 0.1) is 5.92 Å². The Morgan fingerprint density at radius 3 is 2.84 bits per heavy atom. The van der Waals surface area contributed by atoms with Gasteiger partial charge >= 0.3 is 12.0 Å². The van der Waals surface area contributed by atoms with E-state index in [1.54, 1.807) is 17.4 Å². The largest absolute Gasteiger partial charge is 0.480 e. The summed E-state index contributed by atoms with van der Waals surface area (Å²) in [7, 11) is 0. The molecule has 1 saturated heterocycles. The highest BCUT2D eigenvalue weighted by Gasteiger charge is 2.31. The first-order valence-electron chi connectivity index (χ1n) is 8.15. The number of aliphatic carboxylic acids is 1. The lowest BCUT2D eigenvalue weighted by Gasteiger charge is -2.28. The van der Waals surface area contributed by atoms with Gasteiger partial charge in [-0.05, 0) is 42.0 Å². The van der Waals surface area contributed by atoms with Crippen molar-refractivity contribution in [2.75, 3.05) is 18.5 Å². The molecule has 3 rings (SSSR count). The van der Waals surface area contributed by atoms with E-state index in [1.807, 2.05) is 35.7 Å². The first-order valence-corrected chi connectivity index (χ1v) is 9.03. The zero-order valence-corrected chi connectivity index (χ0v) is 14.4. The van der Waals surface area contributed by atoms with Crippen molar-refractivity contribution >= 4 is 29.0 Å². The van der Waals surface area contributed by atoms with E-state index in [0.29, 0.717) is 18.9 Å². The number of carbonyl (C=O) groups is 2. The molecule has 0 bridgehead atoms. The van der Waals surface area contributed by atoms with Crippen molar-refractivity contribution in [2.45, 2.75) is 18.9 Å². The van der Waals surface area contributed by atoms with E-state index >= 15 is 0 Å². The van der Waals surface area contributed by atoms with Gasteiger partial charge in [-0.25, -0.2) is 9.59 Å². The number of nitrogens with one attached hydrogen (secondary N) is 2. The second-order valence-corrected chi connectivity index (χ2v) is 6.90. The van der Waals surface area contributed by atoms with Crippen LogP contribution in [0.25, 0.3) is 10.4 Å². The zero-order valence-electron chi connectivity index (χ0n) is 13.6. The molecule has 0 spiro atoms. The molecular formula is C18H20N2O4S. The van der Waals surface area contributed by atoms with Crippen molar-refractivity contribution < 1.29 is 19.4 Å². The molecule has 0 aliphatic carbocycles. The third kappa shape index (κ3) is 4.58. The monoisotopic (exact) mass is 360 g/mol. The Hall–Kier alpha value is -2.38. The molecule has 132 valence electrons. The maximum Gasteiger partial charge on any atom is 0.326 e. The van der Waals surface area contributed by atoms with Crippen molar-refractivity contribution in [1.82, 2.24) is 5.32 Å². The van der Waals surface area contributed by atoms with E-state index in [2.05, 4.69) is 10.6 Å². The zero-order chi connectivity index (χ0) is 17.6. The summed E-state index contributed by atoms with van der Waals surface area (Å²) in [5.41, 5.74) is 1.62. The van der Waals surface area contributed by atoms with Gasteiger partial charge in [0.05, 0.1) is 6.61 Å². The predicted octanol–water partition coefficient (Wildman–Crippen LogP) is 3.42. The van der Waals surface area contributed by atoms with Gasteiger partial charge in [0.25, 0.3) is 0 Å². The molecule has 25 heavy (non-hydrogen) atoms. The number of thiophene rings is 1. The van der Waals surface area contributed by atoms with Gasteiger partial charge in [-0.1, -0.05) is 18.2 Å². The highest BCUT2D eigenvalue weighted by atomic mass is 32.1. The third-order valence-electron chi connectivity index (χ3n) is 4.15. The Bertz CT molecular complexity index is 726. The molecule has 1 aromatic heterocycles. The molecule has 2 heterocycles. The summed E-state index contributed by atoms with van der Waals surface area (Å²) in [5.74, 6) is -1.26. The number of rotatable bonds is 5. The van der Waals surface area contributed by atoms with Crippen LogP contribution in [-0.2, 0) is 9.53 Å². The predicted molar refractivity (Wildman–Crippen MR) is 96.9 cm³/mol. The lowest BCUT2D eigenvalue weighted by molar-refractivity contribution is -0.142. The topological polar surface area (TPSA) is 87.7 Å². The Kier molecular flexibility index (Phi) is 5.67. The average molecular weight is 360 g/mol. The lowest BCUT2D eigenvalue weighted by Crippen LogP contribution is -2.49. The molecule has 6 nitrogen and oxygen atoms in total. The van der Waals surface area contributed by atoms with E-state index in [1.165, 1.54) is 0 Å². The molecule has 1 fully saturated rings. The van der Waals surface area contributed by atoms with Crippen molar-refractivity contribution in [1.29, 1.82) is 0 Å². The number of carbonyl (C=O) groups excluding carboxylic acids is 1. The fraction of sp³-hybridized carbons (Fsp3) is 0.333. The number of carboxylic acids is 1. The summed E-state index contributed by atoms with van der Waals surface area (Å²) in [4.78, 5) is 24.8. The van der Waals surface area contributed by atoms with Crippen molar-refractivity contribution in [3.63, 3.8) is 0 Å². The summed E-state index contributed by atoms with van der Waals surface area (Å²) in [6.45, 7) is 0.996. The SMILES string of the molecule is O=C(Nc1cccc(-c2cccs2)c1)N[C@@H](C(=O)O)[C@H]1CCCOC1. The summed E-state index contributed by atoms with van der Waals surface area (Å²) in [5, 5.41) is 16.7. The van der Waals surface area contributed by atoms with Gasteiger partial charge in [0.2, 0.25) is 0 Å². The minimum atomic E-state index is -1.04. The molecule has 7 heteroatoms. The maximum atomic E-state index is 12.2. The molecular weight excluding hydrogens is 340 g/mol. The van der Waals surface area contributed by atoms with Crippen molar-refractivity contribution in [3.8, 4) is 10.4 Å². The minimum Gasteiger partial charge on any atom is -0.480 e. The average Bonchev–Trinajstić information content (AvgIpc) is 3.15. The smallest absolute Gasteiger partial charge is 0.326 e. The lowest BCUT2D eigenvalue weighted by atomic mass is 9.94. The van der Waals surface area contributed by atoms with E-state index in [9.17, 15) is 14.7 Å². The van der Waals surface area contributed by atoms with E-state index in [4.69, 9.17) is 4.74 Å². The number of hydrogen-bond donors (Lipinski definition) is 3. The Balaban J connectivity index is 1.65. The van der Waals surface area contributed by atoms with Crippen LogP contribution in [0.3, 0.4) is 0 Å². The maximum absolute atomic E-state index is 12.2. The molecule has 2 aromatic rings. The molecule has 1 aliphatic heterocycles. The second-order valence-electron chi connectivity index (χ2n) is 5.95. The van der Waals surface area contributed by atoms with Gasteiger partial charge in [0.1, 0.15) is 6.04 Å². The van der Waals surface area contributed by atoms with E-state index in [0.717, 1.165) is 23.3 Å².